The fourth-order valence-electron chi connectivity index (χ4n) is 2.48. The van der Waals surface area contributed by atoms with E-state index in [0.29, 0.717) is 35.1 Å². The SMILES string of the molecule is CCOC(=O)c1ccc(NC(=O)CCCN2C(=O)C(CC)SC2=S)cc1. The van der Waals surface area contributed by atoms with Crippen LogP contribution in [0, 0.1) is 0 Å². The number of hydrogen-bond acceptors (Lipinski definition) is 6. The van der Waals surface area contributed by atoms with Gasteiger partial charge in [-0.1, -0.05) is 30.9 Å². The summed E-state index contributed by atoms with van der Waals surface area (Å²) in [6, 6.07) is 6.53. The van der Waals surface area contributed by atoms with E-state index in [1.54, 1.807) is 36.1 Å². The van der Waals surface area contributed by atoms with Gasteiger partial charge < -0.3 is 10.1 Å². The lowest BCUT2D eigenvalue weighted by molar-refractivity contribution is -0.126. The highest BCUT2D eigenvalue weighted by atomic mass is 32.2. The number of carbonyl (C=O) groups is 3. The van der Waals surface area contributed by atoms with Gasteiger partial charge >= 0.3 is 5.97 Å². The van der Waals surface area contributed by atoms with Crippen molar-refractivity contribution in [3.63, 3.8) is 0 Å². The van der Waals surface area contributed by atoms with E-state index in [-0.39, 0.29) is 29.5 Å². The first kappa shape index (κ1) is 20.4. The molecule has 0 saturated carbocycles. The van der Waals surface area contributed by atoms with Gasteiger partial charge in [0, 0.05) is 18.7 Å². The van der Waals surface area contributed by atoms with Crippen LogP contribution in [0.15, 0.2) is 24.3 Å². The van der Waals surface area contributed by atoms with Gasteiger partial charge in [-0.05, 0) is 44.0 Å². The fourth-order valence-corrected chi connectivity index (χ4v) is 3.96. The number of benzene rings is 1. The molecule has 1 unspecified atom stereocenters. The predicted molar refractivity (Wildman–Crippen MR) is 106 cm³/mol. The van der Waals surface area contributed by atoms with Crippen LogP contribution in [-0.4, -0.2) is 45.4 Å². The Morgan fingerprint density at radius 1 is 1.27 bits per heavy atom. The molecule has 1 aromatic carbocycles. The number of thiocarbonyl (C=S) groups is 1. The van der Waals surface area contributed by atoms with Crippen LogP contribution in [0.5, 0.6) is 0 Å². The van der Waals surface area contributed by atoms with Gasteiger partial charge in [0.1, 0.15) is 4.32 Å². The normalized spacial score (nSPS) is 16.7. The van der Waals surface area contributed by atoms with Gasteiger partial charge in [-0.3, -0.25) is 14.5 Å². The lowest BCUT2D eigenvalue weighted by Crippen LogP contribution is -2.32. The highest BCUT2D eigenvalue weighted by Crippen LogP contribution is 2.29. The van der Waals surface area contributed by atoms with Crippen molar-refractivity contribution in [2.24, 2.45) is 0 Å². The second-order valence-corrected chi connectivity index (χ2v) is 7.56. The number of ether oxygens (including phenoxy) is 1. The summed E-state index contributed by atoms with van der Waals surface area (Å²) in [5.74, 6) is -0.497. The second kappa shape index (κ2) is 9.68. The van der Waals surface area contributed by atoms with Gasteiger partial charge in [0.2, 0.25) is 11.8 Å². The molecular formula is C18H22N2O4S2. The summed E-state index contributed by atoms with van der Waals surface area (Å²) in [5.41, 5.74) is 1.05. The van der Waals surface area contributed by atoms with E-state index < -0.39 is 0 Å². The number of esters is 1. The van der Waals surface area contributed by atoms with Crippen LogP contribution in [0.1, 0.15) is 43.5 Å². The Morgan fingerprint density at radius 3 is 2.54 bits per heavy atom. The Hall–Kier alpha value is -1.93. The van der Waals surface area contributed by atoms with Crippen molar-refractivity contribution in [1.29, 1.82) is 0 Å². The van der Waals surface area contributed by atoms with Crippen molar-refractivity contribution < 1.29 is 19.1 Å². The Labute approximate surface area is 162 Å². The summed E-state index contributed by atoms with van der Waals surface area (Å²) in [6.07, 6.45) is 1.57. The van der Waals surface area contributed by atoms with Gasteiger partial charge in [-0.15, -0.1) is 0 Å². The summed E-state index contributed by atoms with van der Waals surface area (Å²) in [6.45, 7) is 4.48. The van der Waals surface area contributed by atoms with E-state index >= 15 is 0 Å². The molecule has 26 heavy (non-hydrogen) atoms. The largest absolute Gasteiger partial charge is 0.462 e. The smallest absolute Gasteiger partial charge is 0.338 e. The molecule has 1 saturated heterocycles. The lowest BCUT2D eigenvalue weighted by atomic mass is 10.2. The molecular weight excluding hydrogens is 372 g/mol. The van der Waals surface area contributed by atoms with Crippen molar-refractivity contribution in [3.8, 4) is 0 Å². The minimum Gasteiger partial charge on any atom is -0.462 e. The van der Waals surface area contributed by atoms with Gasteiger partial charge in [0.05, 0.1) is 17.4 Å². The van der Waals surface area contributed by atoms with E-state index in [1.807, 2.05) is 6.92 Å². The van der Waals surface area contributed by atoms with Gasteiger partial charge in [-0.25, -0.2) is 4.79 Å². The minimum absolute atomic E-state index is 0.0393. The minimum atomic E-state index is -0.389. The number of thioether (sulfide) groups is 1. The maximum absolute atomic E-state index is 12.1. The topological polar surface area (TPSA) is 75.7 Å². The Morgan fingerprint density at radius 2 is 1.96 bits per heavy atom. The van der Waals surface area contributed by atoms with Gasteiger partial charge in [0.15, 0.2) is 0 Å². The third kappa shape index (κ3) is 5.28. The van der Waals surface area contributed by atoms with Crippen molar-refractivity contribution in [3.05, 3.63) is 29.8 Å². The van der Waals surface area contributed by atoms with Crippen LogP contribution in [-0.2, 0) is 14.3 Å². The number of amides is 2. The quantitative estimate of drug-likeness (QED) is 0.539. The molecule has 1 heterocycles. The predicted octanol–water partition coefficient (Wildman–Crippen LogP) is 3.22. The number of carbonyl (C=O) groups excluding carboxylic acids is 3. The molecule has 0 aromatic heterocycles. The molecule has 1 fully saturated rings. The highest BCUT2D eigenvalue weighted by Gasteiger charge is 2.35. The average molecular weight is 395 g/mol. The second-order valence-electron chi connectivity index (χ2n) is 5.72. The van der Waals surface area contributed by atoms with E-state index in [1.165, 1.54) is 11.8 Å². The van der Waals surface area contributed by atoms with Crippen molar-refractivity contribution in [1.82, 2.24) is 4.90 Å². The van der Waals surface area contributed by atoms with E-state index in [0.717, 1.165) is 6.42 Å². The summed E-state index contributed by atoms with van der Waals surface area (Å²) in [5, 5.41) is 2.69. The number of nitrogens with zero attached hydrogens (tertiary/aromatic N) is 1. The van der Waals surface area contributed by atoms with Crippen LogP contribution >= 0.6 is 24.0 Å². The molecule has 1 aliphatic rings. The molecule has 2 rings (SSSR count). The molecule has 140 valence electrons. The van der Waals surface area contributed by atoms with Crippen molar-refractivity contribution >= 4 is 51.8 Å². The molecule has 0 radical (unpaired) electrons. The Bertz CT molecular complexity index is 691. The number of hydrogen-bond donors (Lipinski definition) is 1. The molecule has 0 spiro atoms. The first-order valence-electron chi connectivity index (χ1n) is 8.55. The highest BCUT2D eigenvalue weighted by molar-refractivity contribution is 8.24. The van der Waals surface area contributed by atoms with Crippen molar-refractivity contribution in [2.75, 3.05) is 18.5 Å². The van der Waals surface area contributed by atoms with Crippen LogP contribution in [0.4, 0.5) is 5.69 Å². The van der Waals surface area contributed by atoms with Crippen LogP contribution < -0.4 is 5.32 Å². The number of anilines is 1. The van der Waals surface area contributed by atoms with Crippen LogP contribution in [0.3, 0.4) is 0 Å². The molecule has 0 aliphatic carbocycles. The first-order chi connectivity index (χ1) is 12.5. The van der Waals surface area contributed by atoms with Gasteiger partial charge in [0.25, 0.3) is 0 Å². The molecule has 1 aromatic rings. The first-order valence-corrected chi connectivity index (χ1v) is 9.84. The molecule has 6 nitrogen and oxygen atoms in total. The zero-order valence-corrected chi connectivity index (χ0v) is 16.5. The molecule has 0 bridgehead atoms. The Kier molecular flexibility index (Phi) is 7.59. The molecule has 1 aliphatic heterocycles. The molecule has 1 N–H and O–H groups in total. The van der Waals surface area contributed by atoms with Crippen LogP contribution in [0.25, 0.3) is 0 Å². The third-order valence-electron chi connectivity index (χ3n) is 3.84. The van der Waals surface area contributed by atoms with E-state index in [9.17, 15) is 14.4 Å². The van der Waals surface area contributed by atoms with Gasteiger partial charge in [-0.2, -0.15) is 0 Å². The standard InChI is InChI=1S/C18H22N2O4S2/c1-3-14-16(22)20(18(25)26-14)11-5-6-15(21)19-13-9-7-12(8-10-13)17(23)24-4-2/h7-10,14H,3-6,11H2,1-2H3,(H,19,21). The number of rotatable bonds is 8. The zero-order chi connectivity index (χ0) is 19.1. The monoisotopic (exact) mass is 394 g/mol. The average Bonchev–Trinajstić information content (AvgIpc) is 2.90. The van der Waals surface area contributed by atoms with Crippen molar-refractivity contribution in [2.45, 2.75) is 38.4 Å². The maximum atomic E-state index is 12.1. The summed E-state index contributed by atoms with van der Waals surface area (Å²) in [4.78, 5) is 37.4. The number of nitrogens with one attached hydrogen (secondary N) is 1. The zero-order valence-electron chi connectivity index (χ0n) is 14.8. The summed E-state index contributed by atoms with van der Waals surface area (Å²) < 4.78 is 5.51. The molecule has 2 amide bonds. The van der Waals surface area contributed by atoms with E-state index in [2.05, 4.69) is 5.32 Å². The molecule has 8 heteroatoms. The lowest BCUT2D eigenvalue weighted by Gasteiger charge is -2.15. The Balaban J connectivity index is 1.78. The molecule has 1 atom stereocenters. The summed E-state index contributed by atoms with van der Waals surface area (Å²) in [7, 11) is 0. The summed E-state index contributed by atoms with van der Waals surface area (Å²) >= 11 is 6.65. The maximum Gasteiger partial charge on any atom is 0.338 e. The third-order valence-corrected chi connectivity index (χ3v) is 5.59. The fraction of sp³-hybridized carbons (Fsp3) is 0.444. The van der Waals surface area contributed by atoms with E-state index in [4.69, 9.17) is 17.0 Å². The van der Waals surface area contributed by atoms with Crippen LogP contribution in [0.2, 0.25) is 0 Å².